The summed E-state index contributed by atoms with van der Waals surface area (Å²) in [5.74, 6) is 1.80. The van der Waals surface area contributed by atoms with Crippen LogP contribution in [0.4, 0.5) is 0 Å². The zero-order chi connectivity index (χ0) is 8.97. The van der Waals surface area contributed by atoms with Gasteiger partial charge in [-0.05, 0) is 31.6 Å². The van der Waals surface area contributed by atoms with Crippen molar-refractivity contribution in [3.63, 3.8) is 0 Å². The molecular weight excluding hydrogens is 146 g/mol. The Labute approximate surface area is 76.7 Å². The van der Waals surface area contributed by atoms with Crippen molar-refractivity contribution in [2.75, 3.05) is 0 Å². The Hall–Kier alpha value is -0.0400. The van der Waals surface area contributed by atoms with Gasteiger partial charge in [0.15, 0.2) is 0 Å². The fraction of sp³-hybridized carbons (Fsp3) is 1.00. The first kappa shape index (κ1) is 10.0. The molecule has 0 radical (unpaired) electrons. The molecule has 72 valence electrons. The topological polar surface area (TPSA) is 26.0 Å². The van der Waals surface area contributed by atoms with Crippen LogP contribution in [0.25, 0.3) is 0 Å². The maximum absolute atomic E-state index is 5.92. The van der Waals surface area contributed by atoms with E-state index in [1.807, 2.05) is 0 Å². The molecular formula is C11H23N. The Bertz CT molecular complexity index is 120. The molecule has 1 rings (SSSR count). The normalized spacial score (nSPS) is 34.2. The molecule has 0 spiro atoms. The molecule has 12 heavy (non-hydrogen) atoms. The summed E-state index contributed by atoms with van der Waals surface area (Å²) in [4.78, 5) is 0. The molecule has 1 heteroatoms. The molecule has 0 amide bonds. The highest BCUT2D eigenvalue weighted by molar-refractivity contribution is 4.74. The first-order valence-corrected chi connectivity index (χ1v) is 5.49. The third-order valence-corrected chi connectivity index (χ3v) is 3.45. The average molecular weight is 169 g/mol. The Balaban J connectivity index is 2.34. The summed E-state index contributed by atoms with van der Waals surface area (Å²) in [6.45, 7) is 4.48. The molecule has 0 aromatic rings. The molecule has 0 aromatic heterocycles. The van der Waals surface area contributed by atoms with E-state index in [0.717, 1.165) is 11.8 Å². The molecule has 1 nitrogen and oxygen atoms in total. The van der Waals surface area contributed by atoms with Crippen LogP contribution in [0.3, 0.4) is 0 Å². The van der Waals surface area contributed by atoms with Crippen molar-refractivity contribution in [2.45, 2.75) is 58.4 Å². The molecule has 0 bridgehead atoms. The fourth-order valence-electron chi connectivity index (χ4n) is 2.34. The Morgan fingerprint density at radius 1 is 1.25 bits per heavy atom. The molecule has 0 aliphatic heterocycles. The monoisotopic (exact) mass is 169 g/mol. The van der Waals surface area contributed by atoms with Crippen LogP contribution in [-0.4, -0.2) is 6.04 Å². The van der Waals surface area contributed by atoms with Gasteiger partial charge in [-0.15, -0.1) is 0 Å². The lowest BCUT2D eigenvalue weighted by molar-refractivity contribution is 0.380. The summed E-state index contributed by atoms with van der Waals surface area (Å²) in [6, 6.07) is 0.417. The predicted octanol–water partition coefficient (Wildman–Crippen LogP) is 2.94. The van der Waals surface area contributed by atoms with Crippen LogP contribution in [0.2, 0.25) is 0 Å². The highest BCUT2D eigenvalue weighted by Gasteiger charge is 2.19. The molecule has 3 unspecified atom stereocenters. The highest BCUT2D eigenvalue weighted by Crippen LogP contribution is 2.30. The average Bonchev–Trinajstić information content (AvgIpc) is 2.28. The van der Waals surface area contributed by atoms with Crippen molar-refractivity contribution >= 4 is 0 Å². The summed E-state index contributed by atoms with van der Waals surface area (Å²) in [5.41, 5.74) is 5.92. The lowest BCUT2D eigenvalue weighted by Gasteiger charge is -2.18. The first-order valence-electron chi connectivity index (χ1n) is 5.49. The van der Waals surface area contributed by atoms with E-state index in [0.29, 0.717) is 6.04 Å². The van der Waals surface area contributed by atoms with E-state index in [1.54, 1.807) is 0 Å². The lowest BCUT2D eigenvalue weighted by atomic mass is 9.92. The first-order chi connectivity index (χ1) is 5.74. The van der Waals surface area contributed by atoms with Crippen molar-refractivity contribution in [1.29, 1.82) is 0 Å². The summed E-state index contributed by atoms with van der Waals surface area (Å²) >= 11 is 0. The van der Waals surface area contributed by atoms with Gasteiger partial charge in [0.05, 0.1) is 0 Å². The highest BCUT2D eigenvalue weighted by atomic mass is 14.6. The summed E-state index contributed by atoms with van der Waals surface area (Å²) in [5, 5.41) is 0. The van der Waals surface area contributed by atoms with Crippen molar-refractivity contribution in [2.24, 2.45) is 17.6 Å². The van der Waals surface area contributed by atoms with Crippen LogP contribution < -0.4 is 5.73 Å². The zero-order valence-electron chi connectivity index (χ0n) is 8.55. The van der Waals surface area contributed by atoms with Crippen LogP contribution in [0.15, 0.2) is 0 Å². The maximum Gasteiger partial charge on any atom is 0.00387 e. The number of hydrogen-bond donors (Lipinski definition) is 1. The van der Waals surface area contributed by atoms with Gasteiger partial charge in [-0.3, -0.25) is 0 Å². The molecule has 0 heterocycles. The number of rotatable bonds is 2. The van der Waals surface area contributed by atoms with E-state index in [2.05, 4.69) is 13.8 Å². The SMILES string of the molecule is CCC1CCCC(C(C)N)CC1. The van der Waals surface area contributed by atoms with Crippen molar-refractivity contribution in [1.82, 2.24) is 0 Å². The van der Waals surface area contributed by atoms with E-state index in [-0.39, 0.29) is 0 Å². The van der Waals surface area contributed by atoms with Gasteiger partial charge in [-0.1, -0.05) is 32.6 Å². The van der Waals surface area contributed by atoms with Gasteiger partial charge in [0.2, 0.25) is 0 Å². The molecule has 0 aromatic carbocycles. The van der Waals surface area contributed by atoms with Gasteiger partial charge in [0.25, 0.3) is 0 Å². The molecule has 3 atom stereocenters. The van der Waals surface area contributed by atoms with Crippen LogP contribution in [0.1, 0.15) is 52.4 Å². The quantitative estimate of drug-likeness (QED) is 0.632. The van der Waals surface area contributed by atoms with E-state index < -0.39 is 0 Å². The second-order valence-corrected chi connectivity index (χ2v) is 4.40. The second kappa shape index (κ2) is 4.86. The Kier molecular flexibility index (Phi) is 4.07. The van der Waals surface area contributed by atoms with Crippen LogP contribution >= 0.6 is 0 Å². The summed E-state index contributed by atoms with van der Waals surface area (Å²) < 4.78 is 0. The fourth-order valence-corrected chi connectivity index (χ4v) is 2.34. The van der Waals surface area contributed by atoms with Crippen molar-refractivity contribution in [3.8, 4) is 0 Å². The molecule has 1 saturated carbocycles. The van der Waals surface area contributed by atoms with Crippen LogP contribution in [0.5, 0.6) is 0 Å². The Morgan fingerprint density at radius 3 is 2.58 bits per heavy atom. The molecule has 2 N–H and O–H groups in total. The molecule has 1 aliphatic rings. The Morgan fingerprint density at radius 2 is 2.00 bits per heavy atom. The smallest absolute Gasteiger partial charge is 0.00387 e. The van der Waals surface area contributed by atoms with Gasteiger partial charge in [0, 0.05) is 6.04 Å². The van der Waals surface area contributed by atoms with Gasteiger partial charge < -0.3 is 5.73 Å². The van der Waals surface area contributed by atoms with E-state index in [9.17, 15) is 0 Å². The third-order valence-electron chi connectivity index (χ3n) is 3.45. The number of nitrogens with two attached hydrogens (primary N) is 1. The van der Waals surface area contributed by atoms with Crippen molar-refractivity contribution < 1.29 is 0 Å². The third kappa shape index (κ3) is 2.78. The summed E-state index contributed by atoms with van der Waals surface area (Å²) in [7, 11) is 0. The molecule has 0 saturated heterocycles. The minimum absolute atomic E-state index is 0.417. The van der Waals surface area contributed by atoms with Gasteiger partial charge in [-0.2, -0.15) is 0 Å². The second-order valence-electron chi connectivity index (χ2n) is 4.40. The molecule has 1 fully saturated rings. The van der Waals surface area contributed by atoms with Gasteiger partial charge in [0.1, 0.15) is 0 Å². The van der Waals surface area contributed by atoms with E-state index in [1.165, 1.54) is 38.5 Å². The maximum atomic E-state index is 5.92. The van der Waals surface area contributed by atoms with Crippen molar-refractivity contribution in [3.05, 3.63) is 0 Å². The standard InChI is InChI=1S/C11H23N/c1-3-10-5-4-6-11(8-7-10)9(2)12/h9-11H,3-8,12H2,1-2H3. The lowest BCUT2D eigenvalue weighted by Crippen LogP contribution is -2.25. The molecule has 1 aliphatic carbocycles. The largest absolute Gasteiger partial charge is 0.328 e. The van der Waals surface area contributed by atoms with Crippen LogP contribution in [-0.2, 0) is 0 Å². The van der Waals surface area contributed by atoms with Gasteiger partial charge in [-0.25, -0.2) is 0 Å². The zero-order valence-corrected chi connectivity index (χ0v) is 8.55. The van der Waals surface area contributed by atoms with Crippen LogP contribution in [0, 0.1) is 11.8 Å². The predicted molar refractivity (Wildman–Crippen MR) is 54.0 cm³/mol. The minimum atomic E-state index is 0.417. The van der Waals surface area contributed by atoms with E-state index >= 15 is 0 Å². The van der Waals surface area contributed by atoms with Gasteiger partial charge >= 0.3 is 0 Å². The summed E-state index contributed by atoms with van der Waals surface area (Å²) in [6.07, 6.45) is 8.38. The van der Waals surface area contributed by atoms with E-state index in [4.69, 9.17) is 5.73 Å². The number of hydrogen-bond acceptors (Lipinski definition) is 1. The minimum Gasteiger partial charge on any atom is -0.328 e.